The normalized spacial score (nSPS) is 9.00. The van der Waals surface area contributed by atoms with E-state index in [4.69, 9.17) is 28.9 Å². The van der Waals surface area contributed by atoms with Gasteiger partial charge in [-0.25, -0.2) is 9.97 Å². The summed E-state index contributed by atoms with van der Waals surface area (Å²) in [7, 11) is 0. The summed E-state index contributed by atoms with van der Waals surface area (Å²) in [6, 6.07) is 1.46. The van der Waals surface area contributed by atoms with Gasteiger partial charge in [-0.2, -0.15) is 0 Å². The first-order valence-corrected chi connectivity index (χ1v) is 3.37. The zero-order valence-corrected chi connectivity index (χ0v) is 7.75. The first-order valence-electron chi connectivity index (χ1n) is 2.61. The molecule has 62 valence electrons. The SMILES string of the molecule is Cl.NCc1nc(Cl)cc(Cl)n1. The number of rotatable bonds is 1. The Morgan fingerprint density at radius 2 is 1.73 bits per heavy atom. The van der Waals surface area contributed by atoms with Gasteiger partial charge in [-0.1, -0.05) is 23.2 Å². The molecule has 11 heavy (non-hydrogen) atoms. The van der Waals surface area contributed by atoms with Crippen LogP contribution in [-0.4, -0.2) is 9.97 Å². The van der Waals surface area contributed by atoms with Crippen LogP contribution in [0.5, 0.6) is 0 Å². The van der Waals surface area contributed by atoms with E-state index in [0.29, 0.717) is 16.1 Å². The van der Waals surface area contributed by atoms with Crippen molar-refractivity contribution in [2.24, 2.45) is 5.73 Å². The highest BCUT2D eigenvalue weighted by molar-refractivity contribution is 6.33. The van der Waals surface area contributed by atoms with E-state index < -0.39 is 0 Å². The Morgan fingerprint density at radius 1 is 1.27 bits per heavy atom. The van der Waals surface area contributed by atoms with Gasteiger partial charge in [0.2, 0.25) is 0 Å². The lowest BCUT2D eigenvalue weighted by Gasteiger charge is -1.95. The number of hydrogen-bond acceptors (Lipinski definition) is 3. The van der Waals surface area contributed by atoms with Crippen molar-refractivity contribution in [3.8, 4) is 0 Å². The molecule has 0 aliphatic heterocycles. The van der Waals surface area contributed by atoms with Gasteiger partial charge in [0, 0.05) is 6.07 Å². The molecule has 0 unspecified atom stereocenters. The third-order valence-corrected chi connectivity index (χ3v) is 1.28. The number of nitrogens with zero attached hydrogens (tertiary/aromatic N) is 2. The maximum Gasteiger partial charge on any atom is 0.145 e. The molecular weight excluding hydrogens is 208 g/mol. The van der Waals surface area contributed by atoms with E-state index in [1.54, 1.807) is 0 Å². The summed E-state index contributed by atoms with van der Waals surface area (Å²) in [6.45, 7) is 0.250. The van der Waals surface area contributed by atoms with E-state index in [0.717, 1.165) is 0 Å². The molecule has 1 aromatic rings. The molecule has 1 aromatic heterocycles. The quantitative estimate of drug-likeness (QED) is 0.724. The van der Waals surface area contributed by atoms with E-state index in [9.17, 15) is 0 Å². The molecule has 0 bridgehead atoms. The second-order valence-corrected chi connectivity index (χ2v) is 2.41. The van der Waals surface area contributed by atoms with Crippen molar-refractivity contribution < 1.29 is 0 Å². The molecule has 1 rings (SSSR count). The van der Waals surface area contributed by atoms with Crippen molar-refractivity contribution in [3.63, 3.8) is 0 Å². The van der Waals surface area contributed by atoms with Crippen LogP contribution in [0.2, 0.25) is 10.3 Å². The predicted molar refractivity (Wildman–Crippen MR) is 47.2 cm³/mol. The van der Waals surface area contributed by atoms with Gasteiger partial charge in [-0.15, -0.1) is 12.4 Å². The fraction of sp³-hybridized carbons (Fsp3) is 0.200. The Kier molecular flexibility index (Phi) is 4.68. The standard InChI is InChI=1S/C5H5Cl2N3.ClH/c6-3-1-4(7)10-5(2-8)9-3;/h1H,2,8H2;1H. The van der Waals surface area contributed by atoms with Gasteiger partial charge in [0.05, 0.1) is 6.54 Å². The van der Waals surface area contributed by atoms with Crippen LogP contribution < -0.4 is 5.73 Å². The molecule has 1 heterocycles. The lowest BCUT2D eigenvalue weighted by molar-refractivity contribution is 0.909. The molecule has 0 spiro atoms. The van der Waals surface area contributed by atoms with Crippen molar-refractivity contribution in [1.82, 2.24) is 9.97 Å². The molecule has 0 amide bonds. The van der Waals surface area contributed by atoms with Crippen molar-refractivity contribution in [1.29, 1.82) is 0 Å². The van der Waals surface area contributed by atoms with Crippen LogP contribution in [0.1, 0.15) is 5.82 Å². The molecule has 0 aliphatic carbocycles. The van der Waals surface area contributed by atoms with E-state index >= 15 is 0 Å². The summed E-state index contributed by atoms with van der Waals surface area (Å²) < 4.78 is 0. The van der Waals surface area contributed by atoms with Gasteiger partial charge in [-0.05, 0) is 0 Å². The van der Waals surface area contributed by atoms with Crippen molar-refractivity contribution in [2.45, 2.75) is 6.54 Å². The summed E-state index contributed by atoms with van der Waals surface area (Å²) in [5.41, 5.74) is 5.25. The molecule has 0 saturated heterocycles. The van der Waals surface area contributed by atoms with E-state index in [1.807, 2.05) is 0 Å². The summed E-state index contributed by atoms with van der Waals surface area (Å²) in [5, 5.41) is 0.640. The average molecular weight is 214 g/mol. The van der Waals surface area contributed by atoms with Gasteiger partial charge >= 0.3 is 0 Å². The molecule has 0 aromatic carbocycles. The van der Waals surface area contributed by atoms with Gasteiger partial charge in [0.15, 0.2) is 0 Å². The Hall–Kier alpha value is -0.0900. The van der Waals surface area contributed by atoms with E-state index in [2.05, 4.69) is 9.97 Å². The third kappa shape index (κ3) is 3.20. The molecule has 6 heteroatoms. The monoisotopic (exact) mass is 213 g/mol. The minimum Gasteiger partial charge on any atom is -0.324 e. The molecule has 3 nitrogen and oxygen atoms in total. The van der Waals surface area contributed by atoms with Crippen LogP contribution in [0, 0.1) is 0 Å². The second kappa shape index (κ2) is 4.72. The van der Waals surface area contributed by atoms with Gasteiger partial charge in [0.1, 0.15) is 16.1 Å². The van der Waals surface area contributed by atoms with Crippen LogP contribution in [0.3, 0.4) is 0 Å². The molecule has 0 fully saturated rings. The van der Waals surface area contributed by atoms with E-state index in [-0.39, 0.29) is 19.0 Å². The summed E-state index contributed by atoms with van der Waals surface area (Å²) in [6.07, 6.45) is 0. The summed E-state index contributed by atoms with van der Waals surface area (Å²) in [5.74, 6) is 0.456. The molecule has 2 N–H and O–H groups in total. The van der Waals surface area contributed by atoms with Crippen LogP contribution in [0.15, 0.2) is 6.07 Å². The zero-order chi connectivity index (χ0) is 7.56. The topological polar surface area (TPSA) is 51.8 Å². The maximum atomic E-state index is 5.54. The summed E-state index contributed by atoms with van der Waals surface area (Å²) >= 11 is 11.1. The number of hydrogen-bond donors (Lipinski definition) is 1. The van der Waals surface area contributed by atoms with Crippen LogP contribution in [0.4, 0.5) is 0 Å². The van der Waals surface area contributed by atoms with Crippen molar-refractivity contribution in [3.05, 3.63) is 22.2 Å². The molecule has 0 saturated carbocycles. The second-order valence-electron chi connectivity index (χ2n) is 1.63. The molecule has 0 aliphatic rings. The lowest BCUT2D eigenvalue weighted by atomic mass is 10.5. The highest BCUT2D eigenvalue weighted by atomic mass is 35.5. The van der Waals surface area contributed by atoms with Crippen LogP contribution >= 0.6 is 35.6 Å². The minimum absolute atomic E-state index is 0. The highest BCUT2D eigenvalue weighted by Gasteiger charge is 1.97. The van der Waals surface area contributed by atoms with E-state index in [1.165, 1.54) is 6.07 Å². The third-order valence-electron chi connectivity index (χ3n) is 0.893. The van der Waals surface area contributed by atoms with Crippen LogP contribution in [-0.2, 0) is 6.54 Å². The number of halogens is 3. The number of aromatic nitrogens is 2. The molecule has 0 atom stereocenters. The Labute approximate surface area is 80.3 Å². The predicted octanol–water partition coefficient (Wildman–Crippen LogP) is 1.66. The lowest BCUT2D eigenvalue weighted by Crippen LogP contribution is -2.02. The summed E-state index contributed by atoms with van der Waals surface area (Å²) in [4.78, 5) is 7.59. The van der Waals surface area contributed by atoms with Gasteiger partial charge in [-0.3, -0.25) is 0 Å². The maximum absolute atomic E-state index is 5.54. The van der Waals surface area contributed by atoms with Crippen LogP contribution in [0.25, 0.3) is 0 Å². The first kappa shape index (κ1) is 10.9. The Balaban J connectivity index is 0.000001000. The zero-order valence-electron chi connectivity index (χ0n) is 5.42. The minimum atomic E-state index is 0. The van der Waals surface area contributed by atoms with Crippen molar-refractivity contribution in [2.75, 3.05) is 0 Å². The largest absolute Gasteiger partial charge is 0.324 e. The Morgan fingerprint density at radius 3 is 2.09 bits per heavy atom. The van der Waals surface area contributed by atoms with Gasteiger partial charge in [0.25, 0.3) is 0 Å². The van der Waals surface area contributed by atoms with Gasteiger partial charge < -0.3 is 5.73 Å². The average Bonchev–Trinajstić information content (AvgIpc) is 1.85. The molecule has 0 radical (unpaired) electrons. The Bertz CT molecular complexity index is 220. The van der Waals surface area contributed by atoms with Crippen molar-refractivity contribution >= 4 is 35.6 Å². The smallest absolute Gasteiger partial charge is 0.145 e. The number of nitrogens with two attached hydrogens (primary N) is 1. The highest BCUT2D eigenvalue weighted by Crippen LogP contribution is 2.10. The fourth-order valence-electron chi connectivity index (χ4n) is 0.526. The fourth-order valence-corrected chi connectivity index (χ4v) is 0.983. The first-order chi connectivity index (χ1) is 4.72. The molecular formula is C5H6Cl3N3.